The minimum Gasteiger partial charge on any atom is -0.496 e. The molecule has 33 heavy (non-hydrogen) atoms. The van der Waals surface area contributed by atoms with Crippen molar-refractivity contribution in [1.82, 2.24) is 9.78 Å². The summed E-state index contributed by atoms with van der Waals surface area (Å²) in [5, 5.41) is 22.3. The Morgan fingerprint density at radius 2 is 2.18 bits per heavy atom. The number of thiophene rings is 1. The van der Waals surface area contributed by atoms with Crippen molar-refractivity contribution in [1.29, 1.82) is 0 Å². The first-order chi connectivity index (χ1) is 15.6. The van der Waals surface area contributed by atoms with E-state index in [0.29, 0.717) is 0 Å². The maximum Gasteiger partial charge on any atom is 0.410 e. The number of hydrogen-bond donors (Lipinski definition) is 2. The molecule has 14 heteroatoms. The van der Waals surface area contributed by atoms with Gasteiger partial charge in [0, 0.05) is 23.4 Å². The number of nitrogens with zero attached hydrogens (tertiary/aromatic N) is 3. The van der Waals surface area contributed by atoms with Crippen LogP contribution >= 0.6 is 27.3 Å². The van der Waals surface area contributed by atoms with Crippen LogP contribution in [-0.2, 0) is 0 Å². The number of non-ortho nitro benzene ring substituents is 1. The summed E-state index contributed by atoms with van der Waals surface area (Å²) in [7, 11) is 1.30. The number of anilines is 2. The number of aromatic nitrogens is 2. The summed E-state index contributed by atoms with van der Waals surface area (Å²) >= 11 is 4.52. The lowest BCUT2D eigenvalue weighted by molar-refractivity contribution is -0.384. The van der Waals surface area contributed by atoms with Gasteiger partial charge in [0.15, 0.2) is 11.7 Å². The average Bonchev–Trinajstić information content (AvgIpc) is 3.40. The summed E-state index contributed by atoms with van der Waals surface area (Å²) in [6.07, 6.45) is -4.90. The standard InChI is InChI=1S/C19H15BrF3N5O4S/c1-32-11-6-9(5-10(7-11)28(30)31)24-18(29)16-15(20)17-25-12(13-3-2-4-33-13)8-14(19(21,22)23)27(17)26-16/h2-7,12,14,25H,8H2,1H3,(H,24,29). The predicted octanol–water partition coefficient (Wildman–Crippen LogP) is 5.54. The van der Waals surface area contributed by atoms with Gasteiger partial charge in [-0.1, -0.05) is 6.07 Å². The summed E-state index contributed by atoms with van der Waals surface area (Å²) in [5.74, 6) is -0.703. The van der Waals surface area contributed by atoms with Crippen molar-refractivity contribution in [2.75, 3.05) is 17.7 Å². The zero-order valence-corrected chi connectivity index (χ0v) is 19.1. The van der Waals surface area contributed by atoms with E-state index in [4.69, 9.17) is 4.74 Å². The number of fused-ring (bicyclic) bond motifs is 1. The normalized spacial score (nSPS) is 17.7. The lowest BCUT2D eigenvalue weighted by Crippen LogP contribution is -2.35. The topological polar surface area (TPSA) is 111 Å². The number of nitro benzene ring substituents is 1. The number of ether oxygens (including phenoxy) is 1. The van der Waals surface area contributed by atoms with Crippen LogP contribution < -0.4 is 15.4 Å². The minimum absolute atomic E-state index is 0.0174. The van der Waals surface area contributed by atoms with E-state index in [1.54, 1.807) is 17.5 Å². The summed E-state index contributed by atoms with van der Waals surface area (Å²) < 4.78 is 47.3. The number of benzene rings is 1. The number of rotatable bonds is 5. The van der Waals surface area contributed by atoms with E-state index >= 15 is 0 Å². The van der Waals surface area contributed by atoms with Crippen LogP contribution in [0.25, 0.3) is 0 Å². The SMILES string of the molecule is COc1cc(NC(=O)c2nn3c(c2Br)NC(c2cccs2)CC3C(F)(F)F)cc([N+](=O)[O-])c1. The van der Waals surface area contributed by atoms with E-state index in [-0.39, 0.29) is 39.5 Å². The first-order valence-corrected chi connectivity index (χ1v) is 11.0. The van der Waals surface area contributed by atoms with Crippen LogP contribution in [0.2, 0.25) is 0 Å². The molecule has 0 bridgehead atoms. The van der Waals surface area contributed by atoms with Crippen LogP contribution in [0.5, 0.6) is 5.75 Å². The third-order valence-electron chi connectivity index (χ3n) is 4.99. The molecule has 4 rings (SSSR count). The number of carbonyl (C=O) groups is 1. The van der Waals surface area contributed by atoms with Crippen molar-refractivity contribution in [3.8, 4) is 5.75 Å². The molecule has 0 spiro atoms. The van der Waals surface area contributed by atoms with E-state index < -0.39 is 29.1 Å². The molecule has 2 unspecified atom stereocenters. The fraction of sp³-hybridized carbons (Fsp3) is 0.263. The Kier molecular flexibility index (Phi) is 6.05. The molecule has 1 amide bonds. The summed E-state index contributed by atoms with van der Waals surface area (Å²) in [6.45, 7) is 0. The van der Waals surface area contributed by atoms with Crippen LogP contribution in [0.1, 0.15) is 33.9 Å². The van der Waals surface area contributed by atoms with Gasteiger partial charge in [0.2, 0.25) is 0 Å². The molecule has 0 saturated carbocycles. The lowest BCUT2D eigenvalue weighted by atomic mass is 10.0. The second-order valence-corrected chi connectivity index (χ2v) is 8.86. The second kappa shape index (κ2) is 8.67. The minimum atomic E-state index is -4.60. The Morgan fingerprint density at radius 3 is 2.79 bits per heavy atom. The number of halogens is 4. The van der Waals surface area contributed by atoms with Crippen LogP contribution in [0.3, 0.4) is 0 Å². The molecule has 9 nitrogen and oxygen atoms in total. The monoisotopic (exact) mass is 545 g/mol. The number of alkyl halides is 3. The first-order valence-electron chi connectivity index (χ1n) is 9.38. The zero-order valence-electron chi connectivity index (χ0n) is 16.7. The second-order valence-electron chi connectivity index (χ2n) is 7.09. The third-order valence-corrected chi connectivity index (χ3v) is 6.73. The largest absolute Gasteiger partial charge is 0.496 e. The van der Waals surface area contributed by atoms with Gasteiger partial charge in [0.05, 0.1) is 34.3 Å². The molecular weight excluding hydrogens is 531 g/mol. The Labute approximate surface area is 196 Å². The third kappa shape index (κ3) is 4.53. The van der Waals surface area contributed by atoms with Crippen molar-refractivity contribution < 1.29 is 27.6 Å². The van der Waals surface area contributed by atoms with E-state index in [0.717, 1.165) is 15.6 Å². The highest BCUT2D eigenvalue weighted by Crippen LogP contribution is 2.47. The van der Waals surface area contributed by atoms with Gasteiger partial charge >= 0.3 is 6.18 Å². The molecule has 3 aromatic rings. The van der Waals surface area contributed by atoms with Crippen molar-refractivity contribution in [3.05, 3.63) is 60.9 Å². The van der Waals surface area contributed by atoms with Crippen molar-refractivity contribution in [2.24, 2.45) is 0 Å². The van der Waals surface area contributed by atoms with Crippen molar-refractivity contribution in [2.45, 2.75) is 24.7 Å². The summed E-state index contributed by atoms with van der Waals surface area (Å²) in [6, 6.07) is 4.54. The summed E-state index contributed by atoms with van der Waals surface area (Å²) in [4.78, 5) is 24.0. The molecule has 2 atom stereocenters. The molecule has 1 aliphatic rings. The number of amides is 1. The molecule has 2 aromatic heterocycles. The average molecular weight is 546 g/mol. The Bertz CT molecular complexity index is 1210. The Balaban J connectivity index is 1.69. The molecule has 1 aromatic carbocycles. The molecule has 174 valence electrons. The van der Waals surface area contributed by atoms with E-state index in [2.05, 4.69) is 31.7 Å². The van der Waals surface area contributed by atoms with Crippen molar-refractivity contribution >= 4 is 50.4 Å². The number of nitrogens with one attached hydrogen (secondary N) is 2. The molecule has 0 radical (unpaired) electrons. The van der Waals surface area contributed by atoms with Crippen LogP contribution in [0, 0.1) is 10.1 Å². The summed E-state index contributed by atoms with van der Waals surface area (Å²) in [5.41, 5.74) is -0.602. The van der Waals surface area contributed by atoms with Gasteiger partial charge in [-0.3, -0.25) is 14.9 Å². The molecule has 2 N–H and O–H groups in total. The van der Waals surface area contributed by atoms with Crippen LogP contribution in [-0.4, -0.2) is 33.9 Å². The molecule has 3 heterocycles. The predicted molar refractivity (Wildman–Crippen MR) is 118 cm³/mol. The van der Waals surface area contributed by atoms with Gasteiger partial charge in [0.25, 0.3) is 11.6 Å². The molecular formula is C19H15BrF3N5O4S. The van der Waals surface area contributed by atoms with Crippen molar-refractivity contribution in [3.63, 3.8) is 0 Å². The van der Waals surface area contributed by atoms with E-state index in [1.165, 1.54) is 30.6 Å². The molecule has 0 aliphatic carbocycles. The van der Waals surface area contributed by atoms with Crippen LogP contribution in [0.4, 0.5) is 30.4 Å². The zero-order chi connectivity index (χ0) is 23.9. The highest BCUT2D eigenvalue weighted by atomic mass is 79.9. The number of carbonyl (C=O) groups excluding carboxylic acids is 1. The van der Waals surface area contributed by atoms with Gasteiger partial charge < -0.3 is 15.4 Å². The Hall–Kier alpha value is -3.13. The quantitative estimate of drug-likeness (QED) is 0.321. The number of methoxy groups -OCH3 is 1. The van der Waals surface area contributed by atoms with Crippen LogP contribution in [0.15, 0.2) is 40.2 Å². The smallest absolute Gasteiger partial charge is 0.410 e. The van der Waals surface area contributed by atoms with Gasteiger partial charge in [0.1, 0.15) is 11.6 Å². The Morgan fingerprint density at radius 1 is 1.42 bits per heavy atom. The highest BCUT2D eigenvalue weighted by molar-refractivity contribution is 9.10. The van der Waals surface area contributed by atoms with Gasteiger partial charge in [-0.2, -0.15) is 18.3 Å². The van der Waals surface area contributed by atoms with Gasteiger partial charge in [-0.25, -0.2) is 4.68 Å². The maximum absolute atomic E-state index is 13.8. The maximum atomic E-state index is 13.8. The number of hydrogen-bond acceptors (Lipinski definition) is 7. The number of nitro groups is 1. The molecule has 0 fully saturated rings. The first kappa shape index (κ1) is 23.0. The van der Waals surface area contributed by atoms with Gasteiger partial charge in [-0.05, 0) is 27.4 Å². The highest BCUT2D eigenvalue weighted by Gasteiger charge is 2.48. The van der Waals surface area contributed by atoms with Gasteiger partial charge in [-0.15, -0.1) is 11.3 Å². The van der Waals surface area contributed by atoms with E-state index in [1.807, 2.05) is 0 Å². The fourth-order valence-electron chi connectivity index (χ4n) is 3.48. The fourth-order valence-corrected chi connectivity index (χ4v) is 4.83. The molecule has 1 aliphatic heterocycles. The molecule has 0 saturated heterocycles. The lowest BCUT2D eigenvalue weighted by Gasteiger charge is -2.33. The van der Waals surface area contributed by atoms with E-state index in [9.17, 15) is 28.1 Å².